The van der Waals surface area contributed by atoms with E-state index in [1.54, 1.807) is 32.3 Å². The molecule has 2 rings (SSSR count). The number of hydrogen-bond acceptors (Lipinski definition) is 8. The molecule has 0 spiro atoms. The van der Waals surface area contributed by atoms with E-state index in [1.807, 2.05) is 79.7 Å². The number of rotatable bonds is 15. The van der Waals surface area contributed by atoms with Crippen LogP contribution < -0.4 is 20.7 Å². The van der Waals surface area contributed by atoms with E-state index in [4.69, 9.17) is 0 Å². The van der Waals surface area contributed by atoms with Gasteiger partial charge in [0.05, 0.1) is 17.0 Å². The van der Waals surface area contributed by atoms with Crippen molar-refractivity contribution in [1.29, 1.82) is 0 Å². The van der Waals surface area contributed by atoms with Gasteiger partial charge in [0.1, 0.15) is 6.04 Å². The number of likely N-dealkylation sites (N-methyl/N-ethyl adjacent to an activating group) is 2. The summed E-state index contributed by atoms with van der Waals surface area (Å²) in [6.45, 7) is 17.5. The number of aryl methyl sites for hydroxylation is 1. The van der Waals surface area contributed by atoms with E-state index >= 15 is 0 Å². The van der Waals surface area contributed by atoms with Crippen LogP contribution in [0.4, 0.5) is 5.69 Å². The third-order valence-electron chi connectivity index (χ3n) is 8.56. The van der Waals surface area contributed by atoms with Gasteiger partial charge in [-0.25, -0.2) is 13.1 Å². The highest BCUT2D eigenvalue weighted by Crippen LogP contribution is 2.30. The van der Waals surface area contributed by atoms with Gasteiger partial charge in [0.25, 0.3) is 15.9 Å². The summed E-state index contributed by atoms with van der Waals surface area (Å²) in [4.78, 5) is 42.6. The van der Waals surface area contributed by atoms with Gasteiger partial charge >= 0.3 is 0 Å². The van der Waals surface area contributed by atoms with Crippen molar-refractivity contribution in [2.75, 3.05) is 31.7 Å². The molecule has 0 saturated heterocycles. The zero-order valence-corrected chi connectivity index (χ0v) is 32.0. The summed E-state index contributed by atoms with van der Waals surface area (Å²) in [5, 5.41) is 9.49. The highest BCUT2D eigenvalue weighted by Gasteiger charge is 2.41. The monoisotopic (exact) mass is 701 g/mol. The largest absolute Gasteiger partial charge is 0.384 e. The maximum absolute atomic E-state index is 14.2. The SMILES string of the molecule is CN[C@H](C(=O)N[C@H](C(=O)N(C)[C@H](/C=C(\C)C(=O)NS(=O)(=O)c1ccc(C)cc1)C(C)C)C(C)(C)C)C(C)(C)c1ccc(NCCS)cc1. The van der Waals surface area contributed by atoms with Crippen LogP contribution in [-0.4, -0.2) is 75.6 Å². The van der Waals surface area contributed by atoms with E-state index < -0.39 is 44.9 Å². The van der Waals surface area contributed by atoms with Crippen LogP contribution >= 0.6 is 12.6 Å². The van der Waals surface area contributed by atoms with Crippen LogP contribution in [0.3, 0.4) is 0 Å². The molecule has 0 bridgehead atoms. The minimum atomic E-state index is -4.09. The Balaban J connectivity index is 2.32. The lowest BCUT2D eigenvalue weighted by Gasteiger charge is -2.40. The van der Waals surface area contributed by atoms with Crippen molar-refractivity contribution in [3.63, 3.8) is 0 Å². The first-order valence-corrected chi connectivity index (χ1v) is 18.3. The molecule has 0 aliphatic heterocycles. The Morgan fingerprint density at radius 1 is 0.938 bits per heavy atom. The number of nitrogens with one attached hydrogen (secondary N) is 4. The standard InChI is InChI=1S/C36H55N5O5S2/c1-23(2)29(22-25(4)32(42)40-48(45,46)28-18-12-24(3)13-19-28)41(11)34(44)31(35(5,6)7)39-33(43)30(37-10)36(8,9)26-14-16-27(17-15-26)38-20-21-47/h12-19,22-23,29-31,37-38,47H,20-21H2,1-11H3,(H,39,43)(H,40,42)/b25-22+/t29-,30-,31-/m1/s1. The van der Waals surface area contributed by atoms with Gasteiger partial charge in [-0.05, 0) is 62.1 Å². The highest BCUT2D eigenvalue weighted by atomic mass is 32.2. The molecule has 0 unspecified atom stereocenters. The van der Waals surface area contributed by atoms with Crippen molar-refractivity contribution in [2.45, 2.75) is 90.7 Å². The molecule has 0 saturated carbocycles. The molecule has 48 heavy (non-hydrogen) atoms. The van der Waals surface area contributed by atoms with Crippen LogP contribution in [0.2, 0.25) is 0 Å². The van der Waals surface area contributed by atoms with Crippen molar-refractivity contribution in [3.05, 3.63) is 71.3 Å². The summed E-state index contributed by atoms with van der Waals surface area (Å²) in [5.41, 5.74) is 1.65. The van der Waals surface area contributed by atoms with Crippen LogP contribution in [0.5, 0.6) is 0 Å². The molecule has 12 heteroatoms. The average Bonchev–Trinajstić information content (AvgIpc) is 3.00. The van der Waals surface area contributed by atoms with E-state index in [-0.39, 0.29) is 28.2 Å². The zero-order valence-electron chi connectivity index (χ0n) is 30.3. The lowest BCUT2D eigenvalue weighted by atomic mass is 9.76. The van der Waals surface area contributed by atoms with Gasteiger partial charge in [-0.1, -0.05) is 84.4 Å². The first-order valence-electron chi connectivity index (χ1n) is 16.2. The number of amides is 3. The van der Waals surface area contributed by atoms with E-state index in [2.05, 4.69) is 33.3 Å². The number of nitrogens with zero attached hydrogens (tertiary/aromatic N) is 1. The molecule has 3 amide bonds. The van der Waals surface area contributed by atoms with Crippen LogP contribution in [0.15, 0.2) is 65.1 Å². The van der Waals surface area contributed by atoms with Gasteiger partial charge in [-0.2, -0.15) is 12.6 Å². The topological polar surface area (TPSA) is 137 Å². The molecule has 0 heterocycles. The van der Waals surface area contributed by atoms with E-state index in [1.165, 1.54) is 24.0 Å². The minimum Gasteiger partial charge on any atom is -0.384 e. The molecule has 0 fully saturated rings. The predicted molar refractivity (Wildman–Crippen MR) is 198 cm³/mol. The number of thiol groups is 1. The molecule has 3 atom stereocenters. The second-order valence-corrected chi connectivity index (χ2v) is 16.4. The molecule has 266 valence electrons. The summed E-state index contributed by atoms with van der Waals surface area (Å²) in [5.74, 6) is -0.873. The molecule has 0 radical (unpaired) electrons. The lowest BCUT2D eigenvalue weighted by Crippen LogP contribution is -2.61. The molecule has 0 aliphatic carbocycles. The van der Waals surface area contributed by atoms with Crippen molar-refractivity contribution >= 4 is 46.1 Å². The Bertz CT molecular complexity index is 1550. The average molecular weight is 702 g/mol. The summed E-state index contributed by atoms with van der Waals surface area (Å²) in [6.07, 6.45) is 1.60. The number of hydrogen-bond donors (Lipinski definition) is 5. The second kappa shape index (κ2) is 16.8. The van der Waals surface area contributed by atoms with Crippen LogP contribution in [0, 0.1) is 18.3 Å². The Kier molecular flexibility index (Phi) is 14.3. The van der Waals surface area contributed by atoms with Gasteiger partial charge in [0, 0.05) is 36.0 Å². The van der Waals surface area contributed by atoms with Gasteiger partial charge < -0.3 is 20.9 Å². The maximum atomic E-state index is 14.2. The highest BCUT2D eigenvalue weighted by molar-refractivity contribution is 7.90. The molecule has 4 N–H and O–H groups in total. The number of carbonyl (C=O) groups excluding carboxylic acids is 3. The maximum Gasteiger partial charge on any atom is 0.264 e. The van der Waals surface area contributed by atoms with Crippen molar-refractivity contribution < 1.29 is 22.8 Å². The quantitative estimate of drug-likeness (QED) is 0.135. The van der Waals surface area contributed by atoms with Crippen molar-refractivity contribution in [1.82, 2.24) is 20.3 Å². The van der Waals surface area contributed by atoms with Gasteiger partial charge in [-0.15, -0.1) is 0 Å². The Morgan fingerprint density at radius 3 is 1.98 bits per heavy atom. The lowest BCUT2D eigenvalue weighted by molar-refractivity contribution is -0.140. The molecule has 2 aromatic rings. The smallest absolute Gasteiger partial charge is 0.264 e. The predicted octanol–water partition coefficient (Wildman–Crippen LogP) is 4.67. The van der Waals surface area contributed by atoms with Crippen LogP contribution in [0.1, 0.15) is 66.5 Å². The van der Waals surface area contributed by atoms with Gasteiger partial charge in [0.15, 0.2) is 0 Å². The summed E-state index contributed by atoms with van der Waals surface area (Å²) in [7, 11) is -0.736. The van der Waals surface area contributed by atoms with Gasteiger partial charge in [0.2, 0.25) is 11.8 Å². The second-order valence-electron chi connectivity index (χ2n) is 14.3. The number of sulfonamides is 1. The van der Waals surface area contributed by atoms with Crippen LogP contribution in [0.25, 0.3) is 0 Å². The third kappa shape index (κ3) is 10.6. The van der Waals surface area contributed by atoms with Crippen LogP contribution in [-0.2, 0) is 29.8 Å². The molecule has 0 aliphatic rings. The Labute approximate surface area is 293 Å². The Hall–Kier alpha value is -3.35. The molecule has 2 aromatic carbocycles. The molecular weight excluding hydrogens is 647 g/mol. The number of benzene rings is 2. The van der Waals surface area contributed by atoms with Crippen molar-refractivity contribution in [3.8, 4) is 0 Å². The first-order chi connectivity index (χ1) is 22.2. The molecule has 10 nitrogen and oxygen atoms in total. The fraction of sp³-hybridized carbons (Fsp3) is 0.528. The van der Waals surface area contributed by atoms with Gasteiger partial charge in [-0.3, -0.25) is 14.4 Å². The normalized spacial score (nSPS) is 14.6. The number of anilines is 1. The zero-order chi connectivity index (χ0) is 36.6. The number of carbonyl (C=O) groups is 3. The van der Waals surface area contributed by atoms with E-state index in [9.17, 15) is 22.8 Å². The van der Waals surface area contributed by atoms with Crippen molar-refractivity contribution in [2.24, 2.45) is 11.3 Å². The summed E-state index contributed by atoms with van der Waals surface area (Å²) in [6, 6.07) is 12.0. The Morgan fingerprint density at radius 2 is 1.50 bits per heavy atom. The van der Waals surface area contributed by atoms with E-state index in [0.717, 1.165) is 23.4 Å². The molecular formula is C36H55N5O5S2. The summed E-state index contributed by atoms with van der Waals surface area (Å²) < 4.78 is 27.8. The third-order valence-corrected chi connectivity index (χ3v) is 10.1. The fourth-order valence-corrected chi connectivity index (χ4v) is 6.62. The minimum absolute atomic E-state index is 0.0213. The van der Waals surface area contributed by atoms with E-state index in [0.29, 0.717) is 5.75 Å². The summed E-state index contributed by atoms with van der Waals surface area (Å²) >= 11 is 4.24. The molecule has 0 aromatic heterocycles. The first kappa shape index (κ1) is 40.8. The fourth-order valence-electron chi connectivity index (χ4n) is 5.49.